The molecule has 1 atom stereocenters. The van der Waals surface area contributed by atoms with Crippen LogP contribution < -0.4 is 5.32 Å². The highest BCUT2D eigenvalue weighted by molar-refractivity contribution is 6.43. The van der Waals surface area contributed by atoms with E-state index in [4.69, 9.17) is 28.5 Å². The molecule has 0 radical (unpaired) electrons. The Labute approximate surface area is 125 Å². The van der Waals surface area contributed by atoms with E-state index in [2.05, 4.69) is 5.32 Å². The largest absolute Gasteiger partial charge is 0.348 e. The van der Waals surface area contributed by atoms with E-state index in [0.717, 1.165) is 6.07 Å². The third-order valence-corrected chi connectivity index (χ3v) is 3.43. The minimum Gasteiger partial charge on any atom is -0.348 e. The van der Waals surface area contributed by atoms with Crippen molar-refractivity contribution in [1.82, 2.24) is 5.32 Å². The highest BCUT2D eigenvalue weighted by atomic mass is 35.5. The second kappa shape index (κ2) is 7.08. The van der Waals surface area contributed by atoms with Gasteiger partial charge in [0.25, 0.3) is 11.6 Å². The number of amides is 1. The quantitative estimate of drug-likeness (QED) is 0.665. The maximum Gasteiger partial charge on any atom is 0.290 e. The van der Waals surface area contributed by atoms with Crippen LogP contribution in [0, 0.1) is 21.4 Å². The molecular formula is C12H11Cl2N3O3. The Bertz CT molecular complexity index is 584. The molecule has 6 nitrogen and oxygen atoms in total. The van der Waals surface area contributed by atoms with Crippen LogP contribution in [0.3, 0.4) is 0 Å². The monoisotopic (exact) mass is 315 g/mol. The molecule has 8 heteroatoms. The van der Waals surface area contributed by atoms with Crippen LogP contribution in [-0.4, -0.2) is 16.9 Å². The molecule has 1 aromatic carbocycles. The zero-order chi connectivity index (χ0) is 15.3. The van der Waals surface area contributed by atoms with Crippen molar-refractivity contribution in [1.29, 1.82) is 5.26 Å². The fourth-order valence-electron chi connectivity index (χ4n) is 1.51. The Kier molecular flexibility index (Phi) is 5.74. The summed E-state index contributed by atoms with van der Waals surface area (Å²) >= 11 is 11.5. The lowest BCUT2D eigenvalue weighted by atomic mass is 10.1. The maximum atomic E-state index is 12.0. The molecule has 0 heterocycles. The normalized spacial score (nSPS) is 11.5. The highest BCUT2D eigenvalue weighted by Gasteiger charge is 2.21. The van der Waals surface area contributed by atoms with Crippen molar-refractivity contribution >= 4 is 34.8 Å². The van der Waals surface area contributed by atoms with E-state index in [1.807, 2.05) is 13.0 Å². The van der Waals surface area contributed by atoms with Crippen LogP contribution in [0.1, 0.15) is 30.1 Å². The smallest absolute Gasteiger partial charge is 0.290 e. The van der Waals surface area contributed by atoms with E-state index in [0.29, 0.717) is 6.42 Å². The molecule has 1 rings (SSSR count). The third kappa shape index (κ3) is 3.83. The van der Waals surface area contributed by atoms with Gasteiger partial charge in [-0.3, -0.25) is 14.9 Å². The average molecular weight is 316 g/mol. The molecule has 1 amide bonds. The van der Waals surface area contributed by atoms with E-state index in [9.17, 15) is 14.9 Å². The summed E-state index contributed by atoms with van der Waals surface area (Å²) in [4.78, 5) is 22.1. The summed E-state index contributed by atoms with van der Waals surface area (Å²) in [6, 6.07) is 3.95. The van der Waals surface area contributed by atoms with Gasteiger partial charge in [0.2, 0.25) is 0 Å². The van der Waals surface area contributed by atoms with Crippen LogP contribution in [0.2, 0.25) is 10.0 Å². The number of halogens is 2. The van der Waals surface area contributed by atoms with Crippen molar-refractivity contribution in [3.63, 3.8) is 0 Å². The molecule has 0 saturated carbocycles. The molecule has 106 valence electrons. The lowest BCUT2D eigenvalue weighted by Crippen LogP contribution is -2.34. The summed E-state index contributed by atoms with van der Waals surface area (Å²) in [5.41, 5.74) is -0.403. The molecule has 0 bridgehead atoms. The van der Waals surface area contributed by atoms with Crippen LogP contribution in [0.15, 0.2) is 12.1 Å². The van der Waals surface area contributed by atoms with Gasteiger partial charge in [-0.1, -0.05) is 30.1 Å². The van der Waals surface area contributed by atoms with Gasteiger partial charge in [-0.2, -0.15) is 5.26 Å². The second-order valence-corrected chi connectivity index (χ2v) is 4.77. The predicted octanol–water partition coefficient (Wildman–Crippen LogP) is 3.32. The van der Waals surface area contributed by atoms with Gasteiger partial charge >= 0.3 is 0 Å². The molecule has 1 aromatic rings. The summed E-state index contributed by atoms with van der Waals surface area (Å²) in [5, 5.41) is 21.8. The number of rotatable bonds is 5. The Balaban J connectivity index is 3.05. The Morgan fingerprint density at radius 1 is 1.55 bits per heavy atom. The number of nitrogens with zero attached hydrogens (tertiary/aromatic N) is 2. The van der Waals surface area contributed by atoms with Crippen LogP contribution in [0.25, 0.3) is 0 Å². The van der Waals surface area contributed by atoms with Gasteiger partial charge in [-0.25, -0.2) is 0 Å². The lowest BCUT2D eigenvalue weighted by molar-refractivity contribution is -0.384. The topological polar surface area (TPSA) is 96.0 Å². The van der Waals surface area contributed by atoms with Crippen LogP contribution in [0.4, 0.5) is 5.69 Å². The van der Waals surface area contributed by atoms with E-state index >= 15 is 0 Å². The first-order valence-electron chi connectivity index (χ1n) is 5.71. The number of hydrogen-bond donors (Lipinski definition) is 1. The van der Waals surface area contributed by atoms with Gasteiger partial charge in [0.1, 0.15) is 5.02 Å². The predicted molar refractivity (Wildman–Crippen MR) is 74.9 cm³/mol. The number of benzene rings is 1. The number of carbonyl (C=O) groups excluding carboxylic acids is 1. The number of nitro groups is 1. The minimum absolute atomic E-state index is 0.0301. The Morgan fingerprint density at radius 3 is 2.70 bits per heavy atom. The molecule has 0 spiro atoms. The SMILES string of the molecule is CCC(CC#N)NC(=O)c1cc(Cl)c(Cl)c([N+](=O)[O-])c1. The van der Waals surface area contributed by atoms with Gasteiger partial charge in [-0.15, -0.1) is 0 Å². The molecular weight excluding hydrogens is 305 g/mol. The van der Waals surface area contributed by atoms with E-state index in [-0.39, 0.29) is 28.1 Å². The summed E-state index contributed by atoms with van der Waals surface area (Å²) in [6.45, 7) is 1.82. The number of nitriles is 1. The van der Waals surface area contributed by atoms with Crippen molar-refractivity contribution < 1.29 is 9.72 Å². The number of nitro benzene ring substituents is 1. The summed E-state index contributed by atoms with van der Waals surface area (Å²) in [5.74, 6) is -0.534. The molecule has 0 aromatic heterocycles. The van der Waals surface area contributed by atoms with Gasteiger partial charge < -0.3 is 5.32 Å². The third-order valence-electron chi connectivity index (χ3n) is 2.63. The molecule has 0 fully saturated rings. The molecule has 1 N–H and O–H groups in total. The van der Waals surface area contributed by atoms with Gasteiger partial charge in [0, 0.05) is 17.7 Å². The van der Waals surface area contributed by atoms with Crippen molar-refractivity contribution in [3.8, 4) is 6.07 Å². The number of carbonyl (C=O) groups is 1. The lowest BCUT2D eigenvalue weighted by Gasteiger charge is -2.13. The second-order valence-electron chi connectivity index (χ2n) is 3.99. The van der Waals surface area contributed by atoms with Crippen LogP contribution >= 0.6 is 23.2 Å². The van der Waals surface area contributed by atoms with Crippen molar-refractivity contribution in [2.24, 2.45) is 0 Å². The molecule has 0 aliphatic carbocycles. The van der Waals surface area contributed by atoms with Gasteiger partial charge in [-0.05, 0) is 12.5 Å². The molecule has 0 aliphatic rings. The average Bonchev–Trinajstić information content (AvgIpc) is 2.40. The molecule has 1 unspecified atom stereocenters. The first-order chi connectivity index (χ1) is 9.40. The molecule has 0 aliphatic heterocycles. The maximum absolute atomic E-state index is 12.0. The van der Waals surface area contributed by atoms with Crippen LogP contribution in [0.5, 0.6) is 0 Å². The zero-order valence-electron chi connectivity index (χ0n) is 10.5. The molecule has 0 saturated heterocycles. The number of nitrogens with one attached hydrogen (secondary N) is 1. The van der Waals surface area contributed by atoms with Crippen molar-refractivity contribution in [3.05, 3.63) is 37.9 Å². The summed E-state index contributed by atoms with van der Waals surface area (Å²) in [7, 11) is 0. The van der Waals surface area contributed by atoms with Crippen molar-refractivity contribution in [2.75, 3.05) is 0 Å². The van der Waals surface area contributed by atoms with E-state index in [1.165, 1.54) is 6.07 Å². The fourth-order valence-corrected chi connectivity index (χ4v) is 1.91. The zero-order valence-corrected chi connectivity index (χ0v) is 12.0. The highest BCUT2D eigenvalue weighted by Crippen LogP contribution is 2.33. The fraction of sp³-hybridized carbons (Fsp3) is 0.333. The molecule has 20 heavy (non-hydrogen) atoms. The van der Waals surface area contributed by atoms with Crippen LogP contribution in [-0.2, 0) is 0 Å². The summed E-state index contributed by atoms with van der Waals surface area (Å²) < 4.78 is 0. The van der Waals surface area contributed by atoms with Crippen molar-refractivity contribution in [2.45, 2.75) is 25.8 Å². The standard InChI is InChI=1S/C12H11Cl2N3O3/c1-2-8(3-4-15)16-12(18)7-5-9(13)11(14)10(6-7)17(19)20/h5-6,8H,2-3H2,1H3,(H,16,18). The van der Waals surface area contributed by atoms with Gasteiger partial charge in [0.15, 0.2) is 0 Å². The van der Waals surface area contributed by atoms with Gasteiger partial charge in [0.05, 0.1) is 22.4 Å². The Morgan fingerprint density at radius 2 is 2.20 bits per heavy atom. The first kappa shape index (κ1) is 16.2. The van der Waals surface area contributed by atoms with E-state index in [1.54, 1.807) is 0 Å². The Hall–Kier alpha value is -1.84. The first-order valence-corrected chi connectivity index (χ1v) is 6.47. The van der Waals surface area contributed by atoms with E-state index < -0.39 is 16.5 Å². The summed E-state index contributed by atoms with van der Waals surface area (Å²) in [6.07, 6.45) is 0.731. The minimum atomic E-state index is -0.711. The number of hydrogen-bond acceptors (Lipinski definition) is 4.